The van der Waals surface area contributed by atoms with E-state index in [4.69, 9.17) is 5.73 Å². The first-order valence-electron chi connectivity index (χ1n) is 10.7. The lowest BCUT2D eigenvalue weighted by atomic mass is 9.97. The molecule has 5 nitrogen and oxygen atoms in total. The van der Waals surface area contributed by atoms with Gasteiger partial charge in [-0.2, -0.15) is 0 Å². The van der Waals surface area contributed by atoms with Crippen molar-refractivity contribution in [3.63, 3.8) is 0 Å². The Hall–Kier alpha value is -3.03. The maximum Gasteiger partial charge on any atom is 0.246 e. The van der Waals surface area contributed by atoms with Gasteiger partial charge in [-0.3, -0.25) is 4.79 Å². The lowest BCUT2D eigenvalue weighted by Crippen LogP contribution is -2.48. The predicted molar refractivity (Wildman–Crippen MR) is 121 cm³/mol. The normalized spacial score (nSPS) is 15.4. The van der Waals surface area contributed by atoms with Crippen molar-refractivity contribution < 1.29 is 18.7 Å². The lowest BCUT2D eigenvalue weighted by molar-refractivity contribution is -0.114. The summed E-state index contributed by atoms with van der Waals surface area (Å²) in [5.41, 5.74) is 8.59. The number of primary amides is 1. The third kappa shape index (κ3) is 6.48. The molecule has 0 aromatic heterocycles. The number of hydrogen-bond donors (Lipinski definition) is 3. The van der Waals surface area contributed by atoms with Crippen LogP contribution in [0.2, 0.25) is 0 Å². The predicted octanol–water partition coefficient (Wildman–Crippen LogP) is 2.83. The number of halogens is 2. The van der Waals surface area contributed by atoms with Crippen LogP contribution in [0.15, 0.2) is 66.4 Å². The van der Waals surface area contributed by atoms with Gasteiger partial charge in [-0.15, -0.1) is 0 Å². The fourth-order valence-corrected chi connectivity index (χ4v) is 3.86. The zero-order valence-corrected chi connectivity index (χ0v) is 18.1. The van der Waals surface area contributed by atoms with E-state index >= 15 is 0 Å². The van der Waals surface area contributed by atoms with Crippen molar-refractivity contribution in [3.05, 3.63) is 94.7 Å². The molecule has 0 unspecified atom stereocenters. The Morgan fingerprint density at radius 1 is 1.16 bits per heavy atom. The highest BCUT2D eigenvalue weighted by Gasteiger charge is 2.27. The fraction of sp³-hybridized carbons (Fsp3) is 0.320. The molecule has 32 heavy (non-hydrogen) atoms. The number of nitrogens with zero attached hydrogens (tertiary/aromatic N) is 1. The number of benzene rings is 2. The van der Waals surface area contributed by atoms with Crippen LogP contribution in [0.5, 0.6) is 0 Å². The van der Waals surface area contributed by atoms with Crippen molar-refractivity contribution in [1.29, 1.82) is 0 Å². The molecule has 2 aromatic carbocycles. The maximum atomic E-state index is 13.7. The van der Waals surface area contributed by atoms with Crippen molar-refractivity contribution in [3.8, 4) is 0 Å². The number of rotatable bonds is 10. The van der Waals surface area contributed by atoms with Gasteiger partial charge in [0.15, 0.2) is 0 Å². The summed E-state index contributed by atoms with van der Waals surface area (Å²) in [4.78, 5) is 13.4. The first-order chi connectivity index (χ1) is 15.4. The molecule has 0 saturated carbocycles. The second-order valence-electron chi connectivity index (χ2n) is 7.99. The highest BCUT2D eigenvalue weighted by atomic mass is 19.1. The standard InChI is InChI=1S/C25H29F2N3O2/c1-2-17-5-3-6-18(9-17)14-29-15-24(31)23(12-19-10-21(26)13-22(27)11-19)30-8-4-7-20(16-30)25(28)32/h3-11,13,23-24,29,31H,2,12,14-16H2,1H3,(H2,28,32)/t23-,24+/m0/s1. The van der Waals surface area contributed by atoms with Gasteiger partial charge in [0, 0.05) is 31.3 Å². The van der Waals surface area contributed by atoms with Gasteiger partial charge >= 0.3 is 0 Å². The van der Waals surface area contributed by atoms with Crippen molar-refractivity contribution in [2.45, 2.75) is 38.5 Å². The minimum Gasteiger partial charge on any atom is -0.390 e. The number of nitrogens with one attached hydrogen (secondary N) is 1. The monoisotopic (exact) mass is 441 g/mol. The van der Waals surface area contributed by atoms with Crippen LogP contribution >= 0.6 is 0 Å². The van der Waals surface area contributed by atoms with Gasteiger partial charge in [-0.1, -0.05) is 37.3 Å². The van der Waals surface area contributed by atoms with Crippen LogP contribution in [0.1, 0.15) is 23.6 Å². The minimum absolute atomic E-state index is 0.194. The Kier molecular flexibility index (Phi) is 8.14. The van der Waals surface area contributed by atoms with Crippen LogP contribution in [-0.4, -0.2) is 41.1 Å². The van der Waals surface area contributed by atoms with Gasteiger partial charge in [-0.05, 0) is 53.9 Å². The molecule has 0 spiro atoms. The van der Waals surface area contributed by atoms with Gasteiger partial charge in [0.05, 0.1) is 12.1 Å². The van der Waals surface area contributed by atoms with E-state index in [1.165, 1.54) is 17.7 Å². The van der Waals surface area contributed by atoms with Crippen molar-refractivity contribution in [2.75, 3.05) is 13.1 Å². The van der Waals surface area contributed by atoms with Crippen molar-refractivity contribution in [2.24, 2.45) is 5.73 Å². The number of carbonyl (C=O) groups excluding carboxylic acids is 1. The van der Waals surface area contributed by atoms with E-state index in [-0.39, 0.29) is 19.5 Å². The quantitative estimate of drug-likeness (QED) is 0.530. The summed E-state index contributed by atoms with van der Waals surface area (Å²) in [6.45, 7) is 3.15. The van der Waals surface area contributed by atoms with Gasteiger partial charge in [0.1, 0.15) is 11.6 Å². The SMILES string of the molecule is CCc1cccc(CNC[C@@H](O)[C@H](Cc2cc(F)cc(F)c2)N2C=CC=C(C(N)=O)C2)c1. The van der Waals surface area contributed by atoms with E-state index in [2.05, 4.69) is 24.4 Å². The molecule has 0 aliphatic carbocycles. The van der Waals surface area contributed by atoms with E-state index in [9.17, 15) is 18.7 Å². The maximum absolute atomic E-state index is 13.7. The van der Waals surface area contributed by atoms with Crippen LogP contribution in [-0.2, 0) is 24.2 Å². The molecule has 0 radical (unpaired) electrons. The Balaban J connectivity index is 1.72. The Morgan fingerprint density at radius 2 is 1.88 bits per heavy atom. The first-order valence-corrected chi connectivity index (χ1v) is 10.7. The summed E-state index contributed by atoms with van der Waals surface area (Å²) in [7, 11) is 0. The third-order valence-electron chi connectivity index (χ3n) is 5.56. The number of nitrogens with two attached hydrogens (primary N) is 1. The number of aliphatic hydroxyl groups is 1. The van der Waals surface area contributed by atoms with Gasteiger partial charge in [-0.25, -0.2) is 8.78 Å². The summed E-state index contributed by atoms with van der Waals surface area (Å²) in [6.07, 6.45) is 5.33. The van der Waals surface area contributed by atoms with Crippen LogP contribution in [0.4, 0.5) is 8.78 Å². The molecule has 7 heteroatoms. The number of hydrogen-bond acceptors (Lipinski definition) is 4. The number of carbonyl (C=O) groups is 1. The summed E-state index contributed by atoms with van der Waals surface area (Å²) in [6, 6.07) is 11.0. The molecule has 0 bridgehead atoms. The first kappa shape index (κ1) is 23.6. The molecule has 4 N–H and O–H groups in total. The summed E-state index contributed by atoms with van der Waals surface area (Å²) in [5.74, 6) is -1.89. The van der Waals surface area contributed by atoms with Gasteiger partial charge < -0.3 is 21.1 Å². The van der Waals surface area contributed by atoms with Crippen LogP contribution < -0.4 is 11.1 Å². The molecule has 170 valence electrons. The average Bonchev–Trinajstić information content (AvgIpc) is 2.77. The zero-order chi connectivity index (χ0) is 23.1. The average molecular weight is 442 g/mol. The molecule has 2 aromatic rings. The Morgan fingerprint density at radius 3 is 2.56 bits per heavy atom. The van der Waals surface area contributed by atoms with Crippen LogP contribution in [0, 0.1) is 11.6 Å². The molecule has 0 fully saturated rings. The van der Waals surface area contributed by atoms with Crippen LogP contribution in [0.25, 0.3) is 0 Å². The van der Waals surface area contributed by atoms with E-state index < -0.39 is 29.7 Å². The topological polar surface area (TPSA) is 78.6 Å². The summed E-state index contributed by atoms with van der Waals surface area (Å²) >= 11 is 0. The molecule has 1 amide bonds. The smallest absolute Gasteiger partial charge is 0.246 e. The zero-order valence-electron chi connectivity index (χ0n) is 18.1. The highest BCUT2D eigenvalue weighted by Crippen LogP contribution is 2.19. The van der Waals surface area contributed by atoms with Crippen molar-refractivity contribution >= 4 is 5.91 Å². The lowest BCUT2D eigenvalue weighted by Gasteiger charge is -2.36. The highest BCUT2D eigenvalue weighted by molar-refractivity contribution is 5.92. The Bertz CT molecular complexity index is 986. The number of aryl methyl sites for hydroxylation is 1. The van der Waals surface area contributed by atoms with Crippen molar-refractivity contribution in [1.82, 2.24) is 10.2 Å². The van der Waals surface area contributed by atoms with E-state index in [1.807, 2.05) is 12.1 Å². The Labute approximate surface area is 187 Å². The molecule has 1 aliphatic rings. The molecule has 1 aliphatic heterocycles. The van der Waals surface area contributed by atoms with Gasteiger partial charge in [0.25, 0.3) is 0 Å². The van der Waals surface area contributed by atoms with Crippen LogP contribution in [0.3, 0.4) is 0 Å². The molecular formula is C25H29F2N3O2. The molecule has 1 heterocycles. The van der Waals surface area contributed by atoms with E-state index in [0.717, 1.165) is 18.1 Å². The minimum atomic E-state index is -0.868. The number of aliphatic hydroxyl groups excluding tert-OH is 1. The molecule has 0 saturated heterocycles. The largest absolute Gasteiger partial charge is 0.390 e. The van der Waals surface area contributed by atoms with E-state index in [0.29, 0.717) is 17.7 Å². The van der Waals surface area contributed by atoms with E-state index in [1.54, 1.807) is 23.3 Å². The molecule has 3 rings (SSSR count). The number of allylic oxidation sites excluding steroid dienone is 2. The summed E-state index contributed by atoms with van der Waals surface area (Å²) in [5, 5.41) is 14.3. The summed E-state index contributed by atoms with van der Waals surface area (Å²) < 4.78 is 27.5. The number of amides is 1. The second kappa shape index (κ2) is 11.0. The third-order valence-corrected chi connectivity index (χ3v) is 5.56. The molecule has 2 atom stereocenters. The second-order valence-corrected chi connectivity index (χ2v) is 7.99. The van der Waals surface area contributed by atoms with Gasteiger partial charge in [0.2, 0.25) is 5.91 Å². The fourth-order valence-electron chi connectivity index (χ4n) is 3.86. The molecular weight excluding hydrogens is 412 g/mol.